The summed E-state index contributed by atoms with van der Waals surface area (Å²) < 4.78 is 0. The lowest BCUT2D eigenvalue weighted by Gasteiger charge is -2.23. The fourth-order valence-corrected chi connectivity index (χ4v) is 0.783. The molecular weight excluding hydrogens is 142 g/mol. The van der Waals surface area contributed by atoms with Gasteiger partial charge in [-0.1, -0.05) is 6.92 Å². The minimum Gasteiger partial charge on any atom is -0.316 e. The van der Waals surface area contributed by atoms with Crippen LogP contribution < -0.4 is 28.3 Å². The highest BCUT2D eigenvalue weighted by molar-refractivity contribution is 4.73. The Morgan fingerprint density at radius 2 is 1.91 bits per heavy atom. The Morgan fingerprint density at radius 3 is 2.27 bits per heavy atom. The molecule has 0 aliphatic carbocycles. The van der Waals surface area contributed by atoms with Crippen LogP contribution in [0.3, 0.4) is 0 Å². The lowest BCUT2D eigenvalue weighted by molar-refractivity contribution is 0.350. The molecule has 0 amide bonds. The number of hydrogen-bond acceptors (Lipinski definition) is 5. The van der Waals surface area contributed by atoms with Gasteiger partial charge in [0.25, 0.3) is 0 Å². The molecule has 0 fully saturated rings. The summed E-state index contributed by atoms with van der Waals surface area (Å²) in [5.41, 5.74) is 21.6. The maximum atomic E-state index is 5.59. The summed E-state index contributed by atoms with van der Waals surface area (Å²) in [6.45, 7) is 2.91. The fourth-order valence-electron chi connectivity index (χ4n) is 0.783. The van der Waals surface area contributed by atoms with E-state index in [-0.39, 0.29) is 6.17 Å². The Hall–Kier alpha value is -0.200. The number of nitrogens with two attached hydrogens (primary N) is 4. The second-order valence-corrected chi connectivity index (χ2v) is 2.88. The van der Waals surface area contributed by atoms with Crippen LogP contribution in [-0.4, -0.2) is 18.5 Å². The molecule has 5 nitrogen and oxygen atoms in total. The normalized spacial score (nSPS) is 15.0. The smallest absolute Gasteiger partial charge is 0.118 e. The Balaban J connectivity index is 3.44. The zero-order chi connectivity index (χ0) is 8.91. The molecule has 0 radical (unpaired) electrons. The van der Waals surface area contributed by atoms with Crippen molar-refractivity contribution in [2.75, 3.05) is 6.54 Å². The Morgan fingerprint density at radius 1 is 1.36 bits per heavy atom. The van der Waals surface area contributed by atoms with E-state index in [9.17, 15) is 0 Å². The first kappa shape index (κ1) is 10.8. The summed E-state index contributed by atoms with van der Waals surface area (Å²) in [7, 11) is 0. The van der Waals surface area contributed by atoms with Gasteiger partial charge in [0.05, 0.1) is 6.17 Å². The molecule has 11 heavy (non-hydrogen) atoms. The van der Waals surface area contributed by atoms with Crippen molar-refractivity contribution in [2.45, 2.75) is 31.7 Å². The summed E-state index contributed by atoms with van der Waals surface area (Å²) >= 11 is 0. The summed E-state index contributed by atoms with van der Waals surface area (Å²) in [6.07, 6.45) is 1.18. The fraction of sp³-hybridized carbons (Fsp3) is 1.00. The maximum absolute atomic E-state index is 5.59. The summed E-state index contributed by atoms with van der Waals surface area (Å²) in [5.74, 6) is -1.17. The van der Waals surface area contributed by atoms with E-state index < -0.39 is 5.79 Å². The van der Waals surface area contributed by atoms with Crippen molar-refractivity contribution >= 4 is 0 Å². The van der Waals surface area contributed by atoms with Crippen molar-refractivity contribution in [3.05, 3.63) is 0 Å². The van der Waals surface area contributed by atoms with E-state index in [0.717, 1.165) is 13.0 Å². The quantitative estimate of drug-likeness (QED) is 0.305. The van der Waals surface area contributed by atoms with Gasteiger partial charge in [-0.15, -0.1) is 0 Å². The average molecular weight is 161 g/mol. The predicted molar refractivity (Wildman–Crippen MR) is 46.2 cm³/mol. The molecule has 0 aromatic heterocycles. The molecule has 1 atom stereocenters. The van der Waals surface area contributed by atoms with Crippen LogP contribution >= 0.6 is 0 Å². The van der Waals surface area contributed by atoms with Crippen LogP contribution in [0.4, 0.5) is 0 Å². The molecule has 5 heteroatoms. The number of hydrogen-bond donors (Lipinski definition) is 5. The minimum absolute atomic E-state index is 0.213. The molecule has 0 rings (SSSR count). The Kier molecular flexibility index (Phi) is 4.55. The van der Waals surface area contributed by atoms with E-state index in [0.29, 0.717) is 6.42 Å². The lowest BCUT2D eigenvalue weighted by atomic mass is 10.2. The van der Waals surface area contributed by atoms with Crippen molar-refractivity contribution in [1.29, 1.82) is 0 Å². The molecular formula is C6H19N5. The largest absolute Gasteiger partial charge is 0.316 e. The molecule has 9 N–H and O–H groups in total. The van der Waals surface area contributed by atoms with Gasteiger partial charge < -0.3 is 28.3 Å². The molecule has 0 aromatic rings. The standard InChI is InChI=1S/C6H19N5/c1-2-3-11-5(7)4-6(8,9)10/h5,11H,2-4,7-10H2,1H3. The third-order valence-corrected chi connectivity index (χ3v) is 1.23. The topological polar surface area (TPSA) is 116 Å². The third-order valence-electron chi connectivity index (χ3n) is 1.23. The van der Waals surface area contributed by atoms with E-state index >= 15 is 0 Å². The zero-order valence-electron chi connectivity index (χ0n) is 7.01. The monoisotopic (exact) mass is 161 g/mol. The van der Waals surface area contributed by atoms with Crippen molar-refractivity contribution < 1.29 is 0 Å². The second-order valence-electron chi connectivity index (χ2n) is 2.88. The second kappa shape index (κ2) is 4.63. The molecule has 0 heterocycles. The highest BCUT2D eigenvalue weighted by Crippen LogP contribution is 1.90. The molecule has 68 valence electrons. The van der Waals surface area contributed by atoms with Crippen LogP contribution in [0.2, 0.25) is 0 Å². The van der Waals surface area contributed by atoms with Crippen LogP contribution in [0, 0.1) is 0 Å². The molecule has 0 aromatic carbocycles. The highest BCUT2D eigenvalue weighted by Gasteiger charge is 2.15. The molecule has 0 aliphatic heterocycles. The van der Waals surface area contributed by atoms with Gasteiger partial charge in [-0.05, 0) is 13.0 Å². The average Bonchev–Trinajstić information content (AvgIpc) is 1.79. The van der Waals surface area contributed by atoms with Gasteiger partial charge in [0.1, 0.15) is 5.79 Å². The van der Waals surface area contributed by atoms with E-state index in [1.807, 2.05) is 0 Å². The number of nitrogens with one attached hydrogen (secondary N) is 1. The zero-order valence-corrected chi connectivity index (χ0v) is 7.01. The summed E-state index contributed by atoms with van der Waals surface area (Å²) in [4.78, 5) is 0. The van der Waals surface area contributed by atoms with Gasteiger partial charge in [-0.25, -0.2) is 0 Å². The van der Waals surface area contributed by atoms with Gasteiger partial charge in [0, 0.05) is 6.42 Å². The van der Waals surface area contributed by atoms with Crippen molar-refractivity contribution in [3.63, 3.8) is 0 Å². The molecule has 1 unspecified atom stereocenters. The van der Waals surface area contributed by atoms with Crippen LogP contribution in [0.1, 0.15) is 19.8 Å². The first-order valence-corrected chi connectivity index (χ1v) is 3.81. The van der Waals surface area contributed by atoms with Crippen molar-refractivity contribution in [1.82, 2.24) is 5.32 Å². The summed E-state index contributed by atoms with van der Waals surface area (Å²) in [6, 6.07) is 0. The van der Waals surface area contributed by atoms with Crippen LogP contribution in [0.25, 0.3) is 0 Å². The van der Waals surface area contributed by atoms with Crippen LogP contribution in [0.15, 0.2) is 0 Å². The van der Waals surface area contributed by atoms with Gasteiger partial charge in [-0.2, -0.15) is 0 Å². The van der Waals surface area contributed by atoms with Crippen LogP contribution in [0.5, 0.6) is 0 Å². The van der Waals surface area contributed by atoms with Gasteiger partial charge in [0.15, 0.2) is 0 Å². The molecule has 0 saturated carbocycles. The van der Waals surface area contributed by atoms with Crippen molar-refractivity contribution in [3.8, 4) is 0 Å². The maximum Gasteiger partial charge on any atom is 0.118 e. The van der Waals surface area contributed by atoms with Crippen LogP contribution in [-0.2, 0) is 0 Å². The Bertz CT molecular complexity index is 97.6. The van der Waals surface area contributed by atoms with Gasteiger partial charge >= 0.3 is 0 Å². The molecule has 0 aliphatic rings. The lowest BCUT2D eigenvalue weighted by Crippen LogP contribution is -2.62. The molecule has 0 spiro atoms. The van der Waals surface area contributed by atoms with Gasteiger partial charge in [-0.3, -0.25) is 0 Å². The van der Waals surface area contributed by atoms with Gasteiger partial charge in [0.2, 0.25) is 0 Å². The third kappa shape index (κ3) is 7.70. The SMILES string of the molecule is CCCNC(N)CC(N)(N)N. The van der Waals surface area contributed by atoms with E-state index in [4.69, 9.17) is 22.9 Å². The Labute approximate surface area is 67.5 Å². The highest BCUT2D eigenvalue weighted by atomic mass is 15.1. The van der Waals surface area contributed by atoms with Crippen molar-refractivity contribution in [2.24, 2.45) is 22.9 Å². The first-order chi connectivity index (χ1) is 4.95. The van der Waals surface area contributed by atoms with E-state index in [1.165, 1.54) is 0 Å². The molecule has 0 saturated heterocycles. The summed E-state index contributed by atoms with van der Waals surface area (Å²) in [5, 5.41) is 3.03. The molecule has 0 bridgehead atoms. The predicted octanol–water partition coefficient (Wildman–Crippen LogP) is -1.81. The number of rotatable bonds is 5. The van der Waals surface area contributed by atoms with E-state index in [1.54, 1.807) is 0 Å². The first-order valence-electron chi connectivity index (χ1n) is 3.81. The van der Waals surface area contributed by atoms with E-state index in [2.05, 4.69) is 12.2 Å². The minimum atomic E-state index is -1.17.